The third-order valence-corrected chi connectivity index (χ3v) is 5.58. The fourth-order valence-corrected chi connectivity index (χ4v) is 3.57. The van der Waals surface area contributed by atoms with Crippen LogP contribution in [0.1, 0.15) is 24.0 Å². The molecule has 0 bridgehead atoms. The Kier molecular flexibility index (Phi) is 11.2. The van der Waals surface area contributed by atoms with Crippen LogP contribution in [0.3, 0.4) is 0 Å². The summed E-state index contributed by atoms with van der Waals surface area (Å²) in [6, 6.07) is 20.7. The third kappa shape index (κ3) is 9.66. The molecule has 0 saturated carbocycles. The maximum Gasteiger partial charge on any atom is 0.420 e. The average molecular weight is 564 g/mol. The third-order valence-electron chi connectivity index (χ3n) is 5.58. The molecule has 0 aliphatic heterocycles. The van der Waals surface area contributed by atoms with Crippen molar-refractivity contribution in [3.8, 4) is 5.75 Å². The van der Waals surface area contributed by atoms with Crippen LogP contribution in [0, 0.1) is 10.1 Å². The van der Waals surface area contributed by atoms with E-state index in [1.54, 1.807) is 60.7 Å². The molecule has 0 saturated heterocycles. The molecule has 41 heavy (non-hydrogen) atoms. The van der Waals surface area contributed by atoms with Gasteiger partial charge >= 0.3 is 18.2 Å². The Morgan fingerprint density at radius 3 is 1.80 bits per heavy atom. The van der Waals surface area contributed by atoms with Crippen LogP contribution >= 0.6 is 0 Å². The smallest absolute Gasteiger partial charge is 0.420 e. The van der Waals surface area contributed by atoms with Gasteiger partial charge in [-0.2, -0.15) is 4.90 Å². The lowest BCUT2D eigenvalue weighted by Crippen LogP contribution is -2.50. The minimum atomic E-state index is -1.51. The highest BCUT2D eigenvalue weighted by atomic mass is 16.6. The summed E-state index contributed by atoms with van der Waals surface area (Å²) < 4.78 is 16.1. The number of nitro benzene ring substituents is 1. The van der Waals surface area contributed by atoms with Gasteiger partial charge in [0, 0.05) is 18.7 Å². The number of nitro groups is 1. The Balaban J connectivity index is 1.87. The number of benzene rings is 3. The summed E-state index contributed by atoms with van der Waals surface area (Å²) in [4.78, 5) is 54.7. The number of amides is 2. The van der Waals surface area contributed by atoms with Crippen molar-refractivity contribution in [2.24, 2.45) is 16.5 Å². The number of hydrogen-bond acceptors (Lipinski definition) is 9. The molecule has 0 fully saturated rings. The summed E-state index contributed by atoms with van der Waals surface area (Å²) in [6.07, 6.45) is -2.21. The van der Waals surface area contributed by atoms with Crippen LogP contribution in [0.5, 0.6) is 5.75 Å². The second kappa shape index (κ2) is 15.2. The van der Waals surface area contributed by atoms with Crippen molar-refractivity contribution < 1.29 is 33.5 Å². The molecular formula is C28H29N5O8. The van der Waals surface area contributed by atoms with E-state index in [1.807, 2.05) is 0 Å². The fraction of sp³-hybridized carbons (Fsp3) is 0.214. The van der Waals surface area contributed by atoms with Gasteiger partial charge in [0.1, 0.15) is 25.0 Å². The first kappa shape index (κ1) is 30.1. The maximum absolute atomic E-state index is 13.4. The van der Waals surface area contributed by atoms with Gasteiger partial charge in [0.2, 0.25) is 0 Å². The molecule has 3 rings (SSSR count). The van der Waals surface area contributed by atoms with Gasteiger partial charge in [-0.3, -0.25) is 15.1 Å². The maximum atomic E-state index is 13.4. The normalized spacial score (nSPS) is 11.0. The number of esters is 1. The van der Waals surface area contributed by atoms with Crippen LogP contribution in [-0.4, -0.2) is 46.5 Å². The highest BCUT2D eigenvalue weighted by molar-refractivity contribution is 5.94. The molecule has 2 amide bonds. The molecule has 1 atom stereocenters. The molecule has 4 N–H and O–H groups in total. The minimum Gasteiger partial charge on any atom is -0.444 e. The molecule has 3 aromatic rings. The molecule has 214 valence electrons. The van der Waals surface area contributed by atoms with Gasteiger partial charge in [0.15, 0.2) is 5.96 Å². The Labute approximate surface area is 235 Å². The van der Waals surface area contributed by atoms with Gasteiger partial charge in [0.05, 0.1) is 4.92 Å². The van der Waals surface area contributed by atoms with Crippen LogP contribution in [0.2, 0.25) is 0 Å². The van der Waals surface area contributed by atoms with E-state index in [2.05, 4.69) is 4.99 Å². The number of guanidine groups is 1. The SMILES string of the molecule is NC(N)=NCCC[C@@H](C(=O)Oc1ccc([N+](=O)[O-])cc1)N(C(=O)OCc1ccccc1)C(=O)OCc1ccccc1. The Morgan fingerprint density at radius 2 is 1.34 bits per heavy atom. The first-order valence-corrected chi connectivity index (χ1v) is 12.5. The van der Waals surface area contributed by atoms with Crippen molar-refractivity contribution in [3.63, 3.8) is 0 Å². The van der Waals surface area contributed by atoms with E-state index in [4.69, 9.17) is 25.7 Å². The number of hydrogen-bond donors (Lipinski definition) is 2. The van der Waals surface area contributed by atoms with Crippen molar-refractivity contribution in [2.75, 3.05) is 6.54 Å². The van der Waals surface area contributed by atoms with Gasteiger partial charge in [-0.15, -0.1) is 0 Å². The summed E-state index contributed by atoms with van der Waals surface area (Å²) in [6.45, 7) is -0.268. The van der Waals surface area contributed by atoms with Crippen LogP contribution in [-0.2, 0) is 27.5 Å². The molecule has 13 nitrogen and oxygen atoms in total. The van der Waals surface area contributed by atoms with Gasteiger partial charge in [0.25, 0.3) is 5.69 Å². The zero-order chi connectivity index (χ0) is 29.6. The molecule has 0 radical (unpaired) electrons. The molecule has 0 aromatic heterocycles. The van der Waals surface area contributed by atoms with E-state index in [9.17, 15) is 24.5 Å². The lowest BCUT2D eigenvalue weighted by atomic mass is 10.1. The number of imide groups is 1. The summed E-state index contributed by atoms with van der Waals surface area (Å²) in [7, 11) is 0. The van der Waals surface area contributed by atoms with Crippen molar-refractivity contribution in [1.29, 1.82) is 0 Å². The fourth-order valence-electron chi connectivity index (χ4n) is 3.57. The van der Waals surface area contributed by atoms with Crippen LogP contribution in [0.4, 0.5) is 15.3 Å². The Morgan fingerprint density at radius 1 is 0.829 bits per heavy atom. The minimum absolute atomic E-state index is 0.0370. The molecule has 13 heteroatoms. The second-order valence-corrected chi connectivity index (χ2v) is 8.59. The molecule has 0 unspecified atom stereocenters. The van der Waals surface area contributed by atoms with Crippen molar-refractivity contribution in [3.05, 3.63) is 106 Å². The standard InChI is InChI=1S/C28H29N5O8/c29-26(30)31-17-7-12-24(25(34)41-23-15-13-22(14-16-23)33(37)38)32(27(35)39-18-20-8-3-1-4-9-20)28(36)40-19-21-10-5-2-6-11-21/h1-6,8-11,13-16,24H,7,12,17-19H2,(H4,29,30,31)/t24-/m0/s1. The summed E-state index contributed by atoms with van der Waals surface area (Å²) in [5.74, 6) is -1.21. The molecule has 0 spiro atoms. The van der Waals surface area contributed by atoms with E-state index < -0.39 is 29.1 Å². The topological polar surface area (TPSA) is 190 Å². The summed E-state index contributed by atoms with van der Waals surface area (Å²) >= 11 is 0. The summed E-state index contributed by atoms with van der Waals surface area (Å²) in [5, 5.41) is 11.0. The predicted octanol–water partition coefficient (Wildman–Crippen LogP) is 3.90. The quantitative estimate of drug-likeness (QED) is 0.0621. The van der Waals surface area contributed by atoms with Crippen molar-refractivity contribution in [1.82, 2.24) is 4.90 Å². The van der Waals surface area contributed by atoms with Crippen molar-refractivity contribution in [2.45, 2.75) is 32.1 Å². The van der Waals surface area contributed by atoms with Gasteiger partial charge in [-0.05, 0) is 36.1 Å². The largest absolute Gasteiger partial charge is 0.444 e. The van der Waals surface area contributed by atoms with Crippen LogP contribution in [0.25, 0.3) is 0 Å². The van der Waals surface area contributed by atoms with Crippen LogP contribution in [0.15, 0.2) is 89.9 Å². The first-order valence-electron chi connectivity index (χ1n) is 12.5. The molecule has 3 aromatic carbocycles. The van der Waals surface area contributed by atoms with E-state index >= 15 is 0 Å². The van der Waals surface area contributed by atoms with E-state index in [0.717, 1.165) is 12.1 Å². The van der Waals surface area contributed by atoms with Crippen molar-refractivity contribution >= 4 is 29.8 Å². The first-order chi connectivity index (χ1) is 19.7. The van der Waals surface area contributed by atoms with Gasteiger partial charge in [-0.1, -0.05) is 60.7 Å². The number of carbonyl (C=O) groups excluding carboxylic acids is 3. The molecule has 0 aliphatic rings. The Hall–Kier alpha value is -5.46. The number of aliphatic imine (C=N–C) groups is 1. The number of rotatable bonds is 12. The second-order valence-electron chi connectivity index (χ2n) is 8.59. The Bertz CT molecular complexity index is 1290. The predicted molar refractivity (Wildman–Crippen MR) is 148 cm³/mol. The number of nitrogens with zero attached hydrogens (tertiary/aromatic N) is 3. The zero-order valence-electron chi connectivity index (χ0n) is 22.0. The lowest BCUT2D eigenvalue weighted by molar-refractivity contribution is -0.384. The highest BCUT2D eigenvalue weighted by Gasteiger charge is 2.38. The average Bonchev–Trinajstić information content (AvgIpc) is 2.97. The van der Waals surface area contributed by atoms with Crippen LogP contribution < -0.4 is 16.2 Å². The molecule has 0 aliphatic carbocycles. The van der Waals surface area contributed by atoms with E-state index in [-0.39, 0.29) is 50.0 Å². The highest BCUT2D eigenvalue weighted by Crippen LogP contribution is 2.21. The monoisotopic (exact) mass is 563 g/mol. The van der Waals surface area contributed by atoms with E-state index in [0.29, 0.717) is 16.0 Å². The summed E-state index contributed by atoms with van der Waals surface area (Å²) in [5.41, 5.74) is 11.8. The lowest BCUT2D eigenvalue weighted by Gasteiger charge is -2.27. The number of nitrogens with two attached hydrogens (primary N) is 2. The molecular weight excluding hydrogens is 534 g/mol. The van der Waals surface area contributed by atoms with E-state index in [1.165, 1.54) is 12.1 Å². The molecule has 0 heterocycles. The number of ether oxygens (including phenoxy) is 3. The zero-order valence-corrected chi connectivity index (χ0v) is 22.0. The number of non-ortho nitro benzene ring substituents is 1. The van der Waals surface area contributed by atoms with Gasteiger partial charge in [-0.25, -0.2) is 14.4 Å². The van der Waals surface area contributed by atoms with Gasteiger partial charge < -0.3 is 25.7 Å². The number of carbonyl (C=O) groups is 3.